The zero-order valence-corrected chi connectivity index (χ0v) is 12.8. The third-order valence-corrected chi connectivity index (χ3v) is 3.70. The number of aromatic nitrogens is 1. The van der Waals surface area contributed by atoms with Gasteiger partial charge in [-0.1, -0.05) is 0 Å². The molecule has 2 aromatic rings. The highest BCUT2D eigenvalue weighted by Crippen LogP contribution is 2.17. The van der Waals surface area contributed by atoms with Crippen molar-refractivity contribution in [3.05, 3.63) is 40.2 Å². The molecular formula is C14H16N2O4S. The smallest absolute Gasteiger partial charge is 0.357 e. The van der Waals surface area contributed by atoms with E-state index < -0.39 is 5.97 Å². The highest BCUT2D eigenvalue weighted by Gasteiger charge is 2.23. The molecule has 0 fully saturated rings. The minimum absolute atomic E-state index is 0.0203. The maximum Gasteiger partial charge on any atom is 0.357 e. The summed E-state index contributed by atoms with van der Waals surface area (Å²) < 4.78 is 9.76. The van der Waals surface area contributed by atoms with Crippen molar-refractivity contribution in [3.8, 4) is 0 Å². The molecule has 0 radical (unpaired) electrons. The van der Waals surface area contributed by atoms with Crippen molar-refractivity contribution in [2.24, 2.45) is 0 Å². The van der Waals surface area contributed by atoms with Gasteiger partial charge >= 0.3 is 5.97 Å². The third-order valence-electron chi connectivity index (χ3n) is 2.87. The van der Waals surface area contributed by atoms with E-state index in [1.165, 1.54) is 24.7 Å². The van der Waals surface area contributed by atoms with E-state index in [-0.39, 0.29) is 23.4 Å². The molecule has 0 aliphatic rings. The summed E-state index contributed by atoms with van der Waals surface area (Å²) in [6.07, 6.45) is 1.46. The molecular weight excluding hydrogens is 292 g/mol. The van der Waals surface area contributed by atoms with Gasteiger partial charge in [0.15, 0.2) is 11.5 Å². The zero-order valence-electron chi connectivity index (χ0n) is 12.0. The molecule has 6 nitrogen and oxygen atoms in total. The maximum atomic E-state index is 12.4. The van der Waals surface area contributed by atoms with Gasteiger partial charge in [-0.3, -0.25) is 4.79 Å². The van der Waals surface area contributed by atoms with Crippen LogP contribution in [0.4, 0.5) is 0 Å². The first-order chi connectivity index (χ1) is 10.0. The SMILES string of the molecule is COC(=O)c1csc(CN(C(=O)c2ccco2)C(C)C)n1. The van der Waals surface area contributed by atoms with Crippen molar-refractivity contribution in [3.63, 3.8) is 0 Å². The van der Waals surface area contributed by atoms with Crippen molar-refractivity contribution in [1.29, 1.82) is 0 Å². The molecule has 0 aliphatic carbocycles. The molecule has 112 valence electrons. The summed E-state index contributed by atoms with van der Waals surface area (Å²) >= 11 is 1.32. The van der Waals surface area contributed by atoms with Crippen LogP contribution in [0.2, 0.25) is 0 Å². The molecule has 0 saturated carbocycles. The average molecular weight is 308 g/mol. The van der Waals surface area contributed by atoms with E-state index in [2.05, 4.69) is 9.72 Å². The number of amides is 1. The minimum atomic E-state index is -0.481. The minimum Gasteiger partial charge on any atom is -0.464 e. The van der Waals surface area contributed by atoms with Crippen molar-refractivity contribution in [2.45, 2.75) is 26.4 Å². The molecule has 2 heterocycles. The monoisotopic (exact) mass is 308 g/mol. The third kappa shape index (κ3) is 3.49. The fourth-order valence-electron chi connectivity index (χ4n) is 1.76. The normalized spacial score (nSPS) is 10.7. The topological polar surface area (TPSA) is 72.6 Å². The number of hydrogen-bond donors (Lipinski definition) is 0. The van der Waals surface area contributed by atoms with Crippen LogP contribution >= 0.6 is 11.3 Å². The number of furan rings is 1. The second kappa shape index (κ2) is 6.53. The Hall–Kier alpha value is -2.15. The molecule has 0 spiro atoms. The van der Waals surface area contributed by atoms with Gasteiger partial charge in [-0.15, -0.1) is 11.3 Å². The molecule has 0 aromatic carbocycles. The number of methoxy groups -OCH3 is 1. The fourth-order valence-corrected chi connectivity index (χ4v) is 2.52. The van der Waals surface area contributed by atoms with Gasteiger partial charge in [0, 0.05) is 11.4 Å². The van der Waals surface area contributed by atoms with Gasteiger partial charge in [-0.2, -0.15) is 0 Å². The second-order valence-corrected chi connectivity index (χ2v) is 5.56. The summed E-state index contributed by atoms with van der Waals surface area (Å²) in [5.74, 6) is -0.399. The lowest BCUT2D eigenvalue weighted by molar-refractivity contribution is 0.0594. The number of ether oxygens (including phenoxy) is 1. The van der Waals surface area contributed by atoms with E-state index in [4.69, 9.17) is 4.42 Å². The molecule has 0 aliphatic heterocycles. The first-order valence-electron chi connectivity index (χ1n) is 6.40. The van der Waals surface area contributed by atoms with Crippen molar-refractivity contribution in [1.82, 2.24) is 9.88 Å². The molecule has 0 bridgehead atoms. The summed E-state index contributed by atoms with van der Waals surface area (Å²) in [5, 5.41) is 2.29. The summed E-state index contributed by atoms with van der Waals surface area (Å²) in [6, 6.07) is 3.28. The summed E-state index contributed by atoms with van der Waals surface area (Å²) in [5.41, 5.74) is 0.256. The molecule has 7 heteroatoms. The Labute approximate surface area is 126 Å². The molecule has 21 heavy (non-hydrogen) atoms. The number of carbonyl (C=O) groups excluding carboxylic acids is 2. The fraction of sp³-hybridized carbons (Fsp3) is 0.357. The van der Waals surface area contributed by atoms with Crippen molar-refractivity contribution in [2.75, 3.05) is 7.11 Å². The van der Waals surface area contributed by atoms with Gasteiger partial charge in [0.25, 0.3) is 5.91 Å². The van der Waals surface area contributed by atoms with E-state index in [0.717, 1.165) is 0 Å². The molecule has 1 amide bonds. The standard InChI is InChI=1S/C14H16N2O4S/c1-9(2)16(13(17)11-5-4-6-20-11)7-12-15-10(8-21-12)14(18)19-3/h4-6,8-9H,7H2,1-3H3. The van der Waals surface area contributed by atoms with Crippen LogP contribution in [-0.4, -0.2) is 34.9 Å². The summed E-state index contributed by atoms with van der Waals surface area (Å²) in [7, 11) is 1.31. The molecule has 0 atom stereocenters. The number of carbonyl (C=O) groups is 2. The number of hydrogen-bond acceptors (Lipinski definition) is 6. The van der Waals surface area contributed by atoms with E-state index in [9.17, 15) is 9.59 Å². The zero-order chi connectivity index (χ0) is 15.4. The van der Waals surface area contributed by atoms with Crippen molar-refractivity contribution < 1.29 is 18.7 Å². The van der Waals surface area contributed by atoms with Crippen LogP contribution in [0.25, 0.3) is 0 Å². The predicted molar refractivity (Wildman–Crippen MR) is 77.2 cm³/mol. The largest absolute Gasteiger partial charge is 0.464 e. The highest BCUT2D eigenvalue weighted by atomic mass is 32.1. The molecule has 0 unspecified atom stereocenters. The molecule has 0 saturated heterocycles. The molecule has 2 aromatic heterocycles. The quantitative estimate of drug-likeness (QED) is 0.794. The number of nitrogens with zero attached hydrogens (tertiary/aromatic N) is 2. The lowest BCUT2D eigenvalue weighted by Crippen LogP contribution is -2.36. The van der Waals surface area contributed by atoms with Gasteiger partial charge in [0.2, 0.25) is 0 Å². The van der Waals surface area contributed by atoms with Gasteiger partial charge in [-0.25, -0.2) is 9.78 Å². The van der Waals surface area contributed by atoms with Gasteiger partial charge in [-0.05, 0) is 26.0 Å². The summed E-state index contributed by atoms with van der Waals surface area (Å²) in [6.45, 7) is 4.14. The Morgan fingerprint density at radius 3 is 2.81 bits per heavy atom. The Morgan fingerprint density at radius 1 is 1.48 bits per heavy atom. The van der Waals surface area contributed by atoms with Gasteiger partial charge in [0.05, 0.1) is 19.9 Å². The first kappa shape index (κ1) is 15.2. The van der Waals surface area contributed by atoms with E-state index in [0.29, 0.717) is 11.6 Å². The first-order valence-corrected chi connectivity index (χ1v) is 7.28. The van der Waals surface area contributed by atoms with Crippen LogP contribution in [0.15, 0.2) is 28.2 Å². The van der Waals surface area contributed by atoms with Crippen LogP contribution in [-0.2, 0) is 11.3 Å². The van der Waals surface area contributed by atoms with Crippen LogP contribution < -0.4 is 0 Å². The van der Waals surface area contributed by atoms with Crippen molar-refractivity contribution >= 4 is 23.2 Å². The predicted octanol–water partition coefficient (Wildman–Crippen LogP) is 2.57. The van der Waals surface area contributed by atoms with Crippen LogP contribution in [0.5, 0.6) is 0 Å². The van der Waals surface area contributed by atoms with Crippen LogP contribution in [0.1, 0.15) is 39.9 Å². The van der Waals surface area contributed by atoms with E-state index >= 15 is 0 Å². The van der Waals surface area contributed by atoms with Crippen LogP contribution in [0, 0.1) is 0 Å². The highest BCUT2D eigenvalue weighted by molar-refractivity contribution is 7.09. The number of thiazole rings is 1. The maximum absolute atomic E-state index is 12.4. The molecule has 2 rings (SSSR count). The van der Waals surface area contributed by atoms with E-state index in [1.54, 1.807) is 22.4 Å². The number of rotatable bonds is 5. The lowest BCUT2D eigenvalue weighted by atomic mass is 10.3. The van der Waals surface area contributed by atoms with E-state index in [1.807, 2.05) is 13.8 Å². The Bertz CT molecular complexity index is 619. The van der Waals surface area contributed by atoms with Gasteiger partial charge < -0.3 is 14.1 Å². The Morgan fingerprint density at radius 2 is 2.24 bits per heavy atom. The lowest BCUT2D eigenvalue weighted by Gasteiger charge is -2.24. The summed E-state index contributed by atoms with van der Waals surface area (Å²) in [4.78, 5) is 29.6. The Balaban J connectivity index is 2.15. The number of esters is 1. The van der Waals surface area contributed by atoms with Gasteiger partial charge in [0.1, 0.15) is 5.01 Å². The van der Waals surface area contributed by atoms with Crippen LogP contribution in [0.3, 0.4) is 0 Å². The second-order valence-electron chi connectivity index (χ2n) is 4.62. The Kier molecular flexibility index (Phi) is 4.74. The molecule has 0 N–H and O–H groups in total. The average Bonchev–Trinajstić information content (AvgIpc) is 3.14.